The molecule has 15 heteroatoms. The van der Waals surface area contributed by atoms with E-state index in [2.05, 4.69) is 0 Å². The van der Waals surface area contributed by atoms with Crippen molar-refractivity contribution < 1.29 is 49.1 Å². The molecular formula is C22H19F9N4O2. The van der Waals surface area contributed by atoms with Crippen LogP contribution < -0.4 is 11.5 Å². The maximum absolute atomic E-state index is 13.6. The molecule has 202 valence electrons. The highest BCUT2D eigenvalue weighted by atomic mass is 19.4. The molecule has 2 aromatic carbocycles. The predicted molar refractivity (Wildman–Crippen MR) is 113 cm³/mol. The number of hydrogen-bond acceptors (Lipinski definition) is 4. The van der Waals surface area contributed by atoms with Gasteiger partial charge >= 0.3 is 18.5 Å². The molecule has 0 aromatic heterocycles. The third-order valence-electron chi connectivity index (χ3n) is 5.91. The van der Waals surface area contributed by atoms with Crippen molar-refractivity contribution in [3.63, 3.8) is 0 Å². The zero-order valence-corrected chi connectivity index (χ0v) is 18.9. The molecule has 1 fully saturated rings. The van der Waals surface area contributed by atoms with Gasteiger partial charge in [-0.25, -0.2) is 0 Å². The molecule has 0 atom stereocenters. The van der Waals surface area contributed by atoms with Gasteiger partial charge in [0.1, 0.15) is 0 Å². The molecule has 1 aliphatic heterocycles. The summed E-state index contributed by atoms with van der Waals surface area (Å²) in [5.74, 6) is -2.45. The molecule has 0 saturated carbocycles. The zero-order valence-electron chi connectivity index (χ0n) is 18.9. The van der Waals surface area contributed by atoms with Crippen molar-refractivity contribution in [2.75, 3.05) is 37.6 Å². The van der Waals surface area contributed by atoms with E-state index in [-0.39, 0.29) is 24.3 Å². The fourth-order valence-electron chi connectivity index (χ4n) is 4.12. The summed E-state index contributed by atoms with van der Waals surface area (Å²) < 4.78 is 122. The summed E-state index contributed by atoms with van der Waals surface area (Å²) in [4.78, 5) is 27.4. The lowest BCUT2D eigenvalue weighted by Gasteiger charge is -2.36. The third-order valence-corrected chi connectivity index (χ3v) is 5.91. The normalized spacial score (nSPS) is 15.2. The van der Waals surface area contributed by atoms with Crippen LogP contribution in [0.15, 0.2) is 24.3 Å². The second-order valence-electron chi connectivity index (χ2n) is 8.23. The number of alkyl halides is 9. The van der Waals surface area contributed by atoms with E-state index < -0.39 is 76.9 Å². The molecule has 1 heterocycles. The number of halogens is 9. The van der Waals surface area contributed by atoms with E-state index in [0.717, 1.165) is 28.9 Å². The predicted octanol–water partition coefficient (Wildman–Crippen LogP) is 4.81. The number of amides is 2. The van der Waals surface area contributed by atoms with Crippen LogP contribution in [0.25, 0.3) is 0 Å². The van der Waals surface area contributed by atoms with Crippen LogP contribution in [0.5, 0.6) is 0 Å². The molecule has 0 spiro atoms. The first-order chi connectivity index (χ1) is 16.9. The number of hydrogen-bond donors (Lipinski definition) is 2. The van der Waals surface area contributed by atoms with Crippen LogP contribution in [0.4, 0.5) is 50.9 Å². The van der Waals surface area contributed by atoms with Crippen molar-refractivity contribution in [1.29, 1.82) is 0 Å². The lowest BCUT2D eigenvalue weighted by Crippen LogP contribution is -2.51. The van der Waals surface area contributed by atoms with Crippen LogP contribution >= 0.6 is 0 Å². The number of rotatable bonds is 2. The second kappa shape index (κ2) is 9.34. The highest BCUT2D eigenvalue weighted by Gasteiger charge is 2.48. The van der Waals surface area contributed by atoms with Crippen molar-refractivity contribution in [3.8, 4) is 0 Å². The SMILES string of the molecule is Cc1c(N)ccc(C(=O)N2CCN(C(=O)c3ccc(N)c(C(F)(F)F)c3C(F)(F)F)CC2)c1C(F)(F)F. The van der Waals surface area contributed by atoms with Crippen molar-refractivity contribution in [2.24, 2.45) is 0 Å². The molecule has 2 amide bonds. The number of nitrogens with two attached hydrogens (primary N) is 2. The van der Waals surface area contributed by atoms with Crippen molar-refractivity contribution in [2.45, 2.75) is 25.5 Å². The maximum atomic E-state index is 13.6. The first kappa shape index (κ1) is 27.9. The Kier molecular flexibility index (Phi) is 7.05. The quantitative estimate of drug-likeness (QED) is 0.421. The van der Waals surface area contributed by atoms with Gasteiger partial charge in [0.15, 0.2) is 0 Å². The molecule has 3 rings (SSSR count). The number of carbonyl (C=O) groups is 2. The molecule has 0 unspecified atom stereocenters. The van der Waals surface area contributed by atoms with Crippen LogP contribution in [-0.4, -0.2) is 47.8 Å². The summed E-state index contributed by atoms with van der Waals surface area (Å²) in [6.45, 7) is -0.557. The molecule has 4 N–H and O–H groups in total. The van der Waals surface area contributed by atoms with E-state index >= 15 is 0 Å². The summed E-state index contributed by atoms with van der Waals surface area (Å²) >= 11 is 0. The van der Waals surface area contributed by atoms with Crippen LogP contribution in [0.2, 0.25) is 0 Å². The zero-order chi connectivity index (χ0) is 28.1. The lowest BCUT2D eigenvalue weighted by molar-refractivity contribution is -0.161. The first-order valence-electron chi connectivity index (χ1n) is 10.5. The highest BCUT2D eigenvalue weighted by molar-refractivity contribution is 5.98. The molecule has 0 radical (unpaired) electrons. The summed E-state index contributed by atoms with van der Waals surface area (Å²) in [7, 11) is 0. The van der Waals surface area contributed by atoms with E-state index in [4.69, 9.17) is 11.5 Å². The Morgan fingerprint density at radius 1 is 0.622 bits per heavy atom. The molecule has 2 aromatic rings. The summed E-state index contributed by atoms with van der Waals surface area (Å²) in [5, 5.41) is 0. The summed E-state index contributed by atoms with van der Waals surface area (Å²) in [5.41, 5.74) is 1.23. The smallest absolute Gasteiger partial charge is 0.399 e. The van der Waals surface area contributed by atoms with E-state index in [1.165, 1.54) is 0 Å². The largest absolute Gasteiger partial charge is 0.419 e. The minimum absolute atomic E-state index is 0.193. The van der Waals surface area contributed by atoms with Crippen molar-refractivity contribution in [1.82, 2.24) is 9.80 Å². The van der Waals surface area contributed by atoms with Crippen LogP contribution in [0.1, 0.15) is 43.0 Å². The van der Waals surface area contributed by atoms with Gasteiger partial charge in [0.2, 0.25) is 0 Å². The second-order valence-corrected chi connectivity index (χ2v) is 8.23. The van der Waals surface area contributed by atoms with Gasteiger partial charge in [0.05, 0.1) is 27.8 Å². The van der Waals surface area contributed by atoms with Gasteiger partial charge in [0.25, 0.3) is 11.8 Å². The van der Waals surface area contributed by atoms with Crippen LogP contribution in [0, 0.1) is 6.92 Å². The molecule has 6 nitrogen and oxygen atoms in total. The molecular weight excluding hydrogens is 523 g/mol. The van der Waals surface area contributed by atoms with Gasteiger partial charge < -0.3 is 21.3 Å². The fourth-order valence-corrected chi connectivity index (χ4v) is 4.12. The molecule has 0 bridgehead atoms. The molecule has 0 aliphatic carbocycles. The van der Waals surface area contributed by atoms with E-state index in [9.17, 15) is 49.1 Å². The number of carbonyl (C=O) groups excluding carboxylic acids is 2. The minimum Gasteiger partial charge on any atom is -0.399 e. The fraction of sp³-hybridized carbons (Fsp3) is 0.364. The maximum Gasteiger partial charge on any atom is 0.419 e. The summed E-state index contributed by atoms with van der Waals surface area (Å²) in [6, 6.07) is 3.08. The van der Waals surface area contributed by atoms with E-state index in [1.807, 2.05) is 0 Å². The number of benzene rings is 2. The van der Waals surface area contributed by atoms with Gasteiger partial charge in [-0.05, 0) is 36.8 Å². The lowest BCUT2D eigenvalue weighted by atomic mass is 9.96. The average Bonchev–Trinajstić information content (AvgIpc) is 2.77. The van der Waals surface area contributed by atoms with E-state index in [0.29, 0.717) is 12.1 Å². The van der Waals surface area contributed by atoms with Gasteiger partial charge in [-0.1, -0.05) is 0 Å². The van der Waals surface area contributed by atoms with Crippen LogP contribution in [0.3, 0.4) is 0 Å². The van der Waals surface area contributed by atoms with Gasteiger partial charge in [-0.15, -0.1) is 0 Å². The van der Waals surface area contributed by atoms with Crippen molar-refractivity contribution in [3.05, 3.63) is 57.6 Å². The molecule has 1 saturated heterocycles. The average molecular weight is 542 g/mol. The van der Waals surface area contributed by atoms with Gasteiger partial charge in [-0.3, -0.25) is 9.59 Å². The Balaban J connectivity index is 1.89. The highest BCUT2D eigenvalue weighted by Crippen LogP contribution is 2.45. The third kappa shape index (κ3) is 5.39. The number of anilines is 2. The summed E-state index contributed by atoms with van der Waals surface area (Å²) in [6.07, 6.45) is -16.0. The number of nitrogens with zero attached hydrogens (tertiary/aromatic N) is 2. The molecule has 37 heavy (non-hydrogen) atoms. The Morgan fingerprint density at radius 3 is 1.35 bits per heavy atom. The number of nitrogen functional groups attached to an aromatic ring is 2. The minimum atomic E-state index is -5.58. The van der Waals surface area contributed by atoms with Crippen LogP contribution in [-0.2, 0) is 18.5 Å². The Labute approximate surface area is 203 Å². The Bertz CT molecular complexity index is 1230. The van der Waals surface area contributed by atoms with Crippen molar-refractivity contribution >= 4 is 23.2 Å². The monoisotopic (exact) mass is 542 g/mol. The number of piperazine rings is 1. The molecule has 1 aliphatic rings. The Morgan fingerprint density at radius 2 is 0.973 bits per heavy atom. The standard InChI is InChI=1S/C22H19F9N4O2/c1-10-13(32)4-2-11(15(10)20(23,24)25)18(36)34-6-8-35(9-7-34)19(37)12-3-5-14(33)17(22(29,30)31)16(12)21(26,27)28/h2-5H,6-9,32-33H2,1H3. The van der Waals surface area contributed by atoms with Gasteiger partial charge in [-0.2, -0.15) is 39.5 Å². The Hall–Kier alpha value is -3.65. The van der Waals surface area contributed by atoms with Gasteiger partial charge in [0, 0.05) is 37.6 Å². The first-order valence-corrected chi connectivity index (χ1v) is 10.5. The topological polar surface area (TPSA) is 92.7 Å². The van der Waals surface area contributed by atoms with E-state index in [1.54, 1.807) is 0 Å².